The van der Waals surface area contributed by atoms with Crippen LogP contribution in [0.15, 0.2) is 164 Å². The van der Waals surface area contributed by atoms with Gasteiger partial charge in [0.25, 0.3) is 0 Å². The van der Waals surface area contributed by atoms with Gasteiger partial charge in [0.05, 0.1) is 22.1 Å². The van der Waals surface area contributed by atoms with Crippen LogP contribution in [0.1, 0.15) is 0 Å². The van der Waals surface area contributed by atoms with E-state index in [1.807, 2.05) is 0 Å². The van der Waals surface area contributed by atoms with E-state index in [9.17, 15) is 0 Å². The summed E-state index contributed by atoms with van der Waals surface area (Å²) in [6.45, 7) is 0. The maximum absolute atomic E-state index is 2.43. The minimum absolute atomic E-state index is 1.17. The summed E-state index contributed by atoms with van der Waals surface area (Å²) in [5.74, 6) is 0. The molecule has 0 unspecified atom stereocenters. The van der Waals surface area contributed by atoms with Gasteiger partial charge in [-0.1, -0.05) is 115 Å². The normalized spacial score (nSPS) is 11.6. The average molecular weight is 573 g/mol. The lowest BCUT2D eigenvalue weighted by atomic mass is 9.87. The van der Waals surface area contributed by atoms with Crippen LogP contribution in [0.4, 0.5) is 0 Å². The molecule has 2 aromatic heterocycles. The van der Waals surface area contributed by atoms with Crippen LogP contribution in [0.3, 0.4) is 0 Å². The summed E-state index contributed by atoms with van der Waals surface area (Å²) in [6, 6.07) is 59.4. The lowest BCUT2D eigenvalue weighted by Gasteiger charge is -2.12. The highest BCUT2D eigenvalue weighted by Crippen LogP contribution is 2.37. The molecule has 0 fully saturated rings. The Morgan fingerprint density at radius 3 is 1.62 bits per heavy atom. The number of rotatable bonds is 4. The number of fused-ring (bicyclic) bond motifs is 6. The van der Waals surface area contributed by atoms with Crippen LogP contribution in [0.25, 0.3) is 77.2 Å². The van der Waals surface area contributed by atoms with E-state index >= 15 is 0 Å². The molecule has 0 atom stereocenters. The second-order valence-corrected chi connectivity index (χ2v) is 11.9. The van der Waals surface area contributed by atoms with Gasteiger partial charge in [-0.05, 0) is 76.9 Å². The van der Waals surface area contributed by atoms with E-state index < -0.39 is 0 Å². The fraction of sp³-hybridized carbons (Fsp3) is 0. The molecule has 0 amide bonds. The van der Waals surface area contributed by atoms with Gasteiger partial charge in [-0.15, -0.1) is 0 Å². The summed E-state index contributed by atoms with van der Waals surface area (Å²) in [4.78, 5) is 0. The molecule has 9 rings (SSSR count). The number of hydrogen-bond donors (Lipinski definition) is 0. The van der Waals surface area contributed by atoms with Crippen molar-refractivity contribution in [3.63, 3.8) is 0 Å². The van der Waals surface area contributed by atoms with Crippen molar-refractivity contribution >= 4 is 56.9 Å². The first kappa shape index (κ1) is 25.7. The summed E-state index contributed by atoms with van der Waals surface area (Å²) in [6.07, 6.45) is 0. The Morgan fingerprint density at radius 2 is 0.867 bits per heavy atom. The zero-order valence-corrected chi connectivity index (χ0v) is 25.0. The molecule has 2 nitrogen and oxygen atoms in total. The zero-order valence-electron chi connectivity index (χ0n) is 25.0. The van der Waals surface area contributed by atoms with E-state index in [4.69, 9.17) is 0 Å². The van der Waals surface area contributed by atoms with Gasteiger partial charge in [0.15, 0.2) is 0 Å². The van der Waals surface area contributed by atoms with Crippen LogP contribution in [-0.2, 0) is 0 Å². The first-order chi connectivity index (χ1) is 22.2. The smallest absolute Gasteiger partial charge is 0.140 e. The zero-order chi connectivity index (χ0) is 29.9. The van der Waals surface area contributed by atoms with E-state index in [1.165, 1.54) is 82.7 Å². The van der Waals surface area contributed by atoms with Gasteiger partial charge in [0, 0.05) is 32.9 Å². The number of hydrogen-bond acceptors (Lipinski definition) is 0. The molecule has 2 heterocycles. The summed E-state index contributed by atoms with van der Waals surface area (Å²) in [7, 11) is 2.25. The molecule has 7 aromatic carbocycles. The quantitative estimate of drug-likeness (QED) is 0.186. The molecule has 0 saturated heterocycles. The molecule has 45 heavy (non-hydrogen) atoms. The molecule has 0 bridgehead atoms. The number of aromatic nitrogens is 2. The molecule has 0 saturated carbocycles. The molecule has 0 aliphatic carbocycles. The van der Waals surface area contributed by atoms with Crippen molar-refractivity contribution in [1.29, 1.82) is 0 Å². The minimum Gasteiger partial charge on any atom is -0.309 e. The largest absolute Gasteiger partial charge is 0.309 e. The van der Waals surface area contributed by atoms with Gasteiger partial charge in [0.1, 0.15) is 7.85 Å². The van der Waals surface area contributed by atoms with Crippen LogP contribution in [0.5, 0.6) is 0 Å². The van der Waals surface area contributed by atoms with Gasteiger partial charge in [-0.3, -0.25) is 0 Å². The predicted octanol–water partition coefficient (Wildman–Crippen LogP) is 9.47. The third-order valence-corrected chi connectivity index (χ3v) is 9.22. The summed E-state index contributed by atoms with van der Waals surface area (Å²) in [5, 5.41) is 5.12. The Labute approximate surface area is 262 Å². The van der Waals surface area contributed by atoms with Gasteiger partial charge in [-0.25, -0.2) is 0 Å². The molecular weight excluding hydrogens is 543 g/mol. The third-order valence-electron chi connectivity index (χ3n) is 9.22. The first-order valence-corrected chi connectivity index (χ1v) is 15.5. The van der Waals surface area contributed by atoms with Crippen molar-refractivity contribution in [3.05, 3.63) is 164 Å². The van der Waals surface area contributed by atoms with Gasteiger partial charge in [-0.2, -0.15) is 0 Å². The van der Waals surface area contributed by atoms with Crippen molar-refractivity contribution in [3.8, 4) is 33.6 Å². The lowest BCUT2D eigenvalue weighted by molar-refractivity contribution is 1.18. The number of benzene rings is 7. The van der Waals surface area contributed by atoms with E-state index in [1.54, 1.807) is 0 Å². The fourth-order valence-corrected chi connectivity index (χ4v) is 7.19. The fourth-order valence-electron chi connectivity index (χ4n) is 7.19. The summed E-state index contributed by atoms with van der Waals surface area (Å²) < 4.78 is 4.80. The van der Waals surface area contributed by atoms with Crippen molar-refractivity contribution in [2.75, 3.05) is 0 Å². The van der Waals surface area contributed by atoms with E-state index in [2.05, 4.69) is 181 Å². The molecular formula is C42H29BN2. The molecule has 0 radical (unpaired) electrons. The van der Waals surface area contributed by atoms with Crippen LogP contribution < -0.4 is 5.46 Å². The predicted molar refractivity (Wildman–Crippen MR) is 194 cm³/mol. The Balaban J connectivity index is 1.25. The maximum atomic E-state index is 2.43. The third kappa shape index (κ3) is 4.05. The highest BCUT2D eigenvalue weighted by atomic mass is 15.0. The van der Waals surface area contributed by atoms with Crippen LogP contribution in [0, 0.1) is 0 Å². The molecule has 0 N–H and O–H groups in total. The molecule has 9 aromatic rings. The Kier molecular flexibility index (Phi) is 5.79. The Hall–Kier alpha value is -5.80. The van der Waals surface area contributed by atoms with E-state index in [-0.39, 0.29) is 0 Å². The van der Waals surface area contributed by atoms with Gasteiger partial charge >= 0.3 is 0 Å². The summed E-state index contributed by atoms with van der Waals surface area (Å²) in [5.41, 5.74) is 13.4. The lowest BCUT2D eigenvalue weighted by Crippen LogP contribution is -2.04. The second kappa shape index (κ2) is 10.1. The monoisotopic (exact) mass is 572 g/mol. The molecule has 0 aliphatic heterocycles. The Morgan fingerprint density at radius 1 is 0.333 bits per heavy atom. The van der Waals surface area contributed by atoms with Gasteiger partial charge < -0.3 is 9.13 Å². The highest BCUT2D eigenvalue weighted by molar-refractivity contribution is 6.42. The topological polar surface area (TPSA) is 9.86 Å². The molecule has 0 aliphatic rings. The van der Waals surface area contributed by atoms with Crippen molar-refractivity contribution < 1.29 is 0 Å². The number of para-hydroxylation sites is 3. The molecule has 3 heteroatoms. The Bertz CT molecular complexity index is 2520. The average Bonchev–Trinajstić information content (AvgIpc) is 3.62. The van der Waals surface area contributed by atoms with Gasteiger partial charge in [0.2, 0.25) is 0 Å². The highest BCUT2D eigenvalue weighted by Gasteiger charge is 2.17. The van der Waals surface area contributed by atoms with Crippen LogP contribution >= 0.6 is 0 Å². The van der Waals surface area contributed by atoms with Crippen LogP contribution in [-0.4, -0.2) is 17.0 Å². The molecule has 0 spiro atoms. The first-order valence-electron chi connectivity index (χ1n) is 15.5. The minimum atomic E-state index is 1.17. The summed E-state index contributed by atoms with van der Waals surface area (Å²) >= 11 is 0. The molecule has 210 valence electrons. The SMILES string of the molecule is Bc1cc(-c2ccc3c(c2)c2ccccc2n3-c2ccccc2)cc2c1c1ccccc1n2-c1ccc(-c2ccccc2)cc1. The standard InChI is InChI=1S/C42H29BN2/c43-37-26-31(30-21-24-40-36(25-30)34-15-7-9-17-38(34)44(40)32-13-5-2-6-14-32)27-41-42(37)35-16-8-10-18-39(35)45(41)33-22-19-29(20-23-33)28-11-3-1-4-12-28/h1-27H,43H2. The van der Waals surface area contributed by atoms with Crippen molar-refractivity contribution in [2.45, 2.75) is 0 Å². The van der Waals surface area contributed by atoms with Crippen molar-refractivity contribution in [2.24, 2.45) is 0 Å². The van der Waals surface area contributed by atoms with E-state index in [0.717, 1.165) is 0 Å². The van der Waals surface area contributed by atoms with Crippen molar-refractivity contribution in [1.82, 2.24) is 9.13 Å². The maximum Gasteiger partial charge on any atom is 0.140 e. The number of nitrogens with zero attached hydrogens (tertiary/aromatic N) is 2. The van der Waals surface area contributed by atoms with E-state index in [0.29, 0.717) is 0 Å². The van der Waals surface area contributed by atoms with Crippen LogP contribution in [0.2, 0.25) is 0 Å². The second-order valence-electron chi connectivity index (χ2n) is 11.9.